The Morgan fingerprint density at radius 1 is 1.39 bits per heavy atom. The average Bonchev–Trinajstić information content (AvgIpc) is 3.35. The maximum atomic E-state index is 11.3. The summed E-state index contributed by atoms with van der Waals surface area (Å²) in [6.07, 6.45) is 3.82. The lowest BCUT2D eigenvalue weighted by atomic mass is 10.1. The molecule has 1 aliphatic carbocycles. The first-order chi connectivity index (χ1) is 11.0. The van der Waals surface area contributed by atoms with Crippen molar-refractivity contribution in [2.45, 2.75) is 18.4 Å². The minimum atomic E-state index is -0.506. The molecule has 2 aromatic rings. The Morgan fingerprint density at radius 3 is 2.83 bits per heavy atom. The Balaban J connectivity index is 1.85. The van der Waals surface area contributed by atoms with Crippen LogP contribution in [0.3, 0.4) is 0 Å². The van der Waals surface area contributed by atoms with E-state index in [-0.39, 0.29) is 5.54 Å². The number of aromatic nitrogens is 1. The number of hydrogen-bond acceptors (Lipinski definition) is 4. The molecule has 1 aliphatic rings. The molecule has 0 atom stereocenters. The van der Waals surface area contributed by atoms with Crippen molar-refractivity contribution in [2.75, 3.05) is 13.7 Å². The van der Waals surface area contributed by atoms with Gasteiger partial charge in [0.2, 0.25) is 0 Å². The molecule has 23 heavy (non-hydrogen) atoms. The molecule has 0 bridgehead atoms. The SMILES string of the molecule is CNC1(COc2cnc(Cl)c(-c3cccc(C(=O)Cl)c3)c2)CC1. The fourth-order valence-corrected chi connectivity index (χ4v) is 2.69. The van der Waals surface area contributed by atoms with Crippen LogP contribution < -0.4 is 10.1 Å². The first-order valence-electron chi connectivity index (χ1n) is 7.30. The van der Waals surface area contributed by atoms with E-state index in [1.165, 1.54) is 0 Å². The first kappa shape index (κ1) is 16.2. The Hall–Kier alpha value is -1.62. The normalized spacial score (nSPS) is 15.3. The van der Waals surface area contributed by atoms with Gasteiger partial charge in [0.05, 0.1) is 11.7 Å². The second-order valence-corrected chi connectivity index (χ2v) is 6.38. The van der Waals surface area contributed by atoms with Crippen molar-refractivity contribution in [2.24, 2.45) is 0 Å². The van der Waals surface area contributed by atoms with E-state index in [0.717, 1.165) is 18.4 Å². The lowest BCUT2D eigenvalue weighted by Crippen LogP contribution is -2.33. The molecule has 4 nitrogen and oxygen atoms in total. The molecule has 1 heterocycles. The van der Waals surface area contributed by atoms with Gasteiger partial charge in [-0.15, -0.1) is 0 Å². The molecule has 1 aromatic heterocycles. The Kier molecular flexibility index (Phi) is 4.57. The fourth-order valence-electron chi connectivity index (χ4n) is 2.36. The lowest BCUT2D eigenvalue weighted by Gasteiger charge is -2.16. The van der Waals surface area contributed by atoms with Gasteiger partial charge in [-0.3, -0.25) is 4.79 Å². The molecule has 0 unspecified atom stereocenters. The van der Waals surface area contributed by atoms with Crippen LogP contribution in [0.1, 0.15) is 23.2 Å². The van der Waals surface area contributed by atoms with Crippen LogP contribution in [0.4, 0.5) is 0 Å². The van der Waals surface area contributed by atoms with Gasteiger partial charge in [-0.25, -0.2) is 4.98 Å². The lowest BCUT2D eigenvalue weighted by molar-refractivity contribution is 0.108. The fraction of sp³-hybridized carbons (Fsp3) is 0.294. The summed E-state index contributed by atoms with van der Waals surface area (Å²) in [7, 11) is 1.94. The van der Waals surface area contributed by atoms with Crippen LogP contribution >= 0.6 is 23.2 Å². The van der Waals surface area contributed by atoms with Crippen molar-refractivity contribution < 1.29 is 9.53 Å². The summed E-state index contributed by atoms with van der Waals surface area (Å²) in [5.74, 6) is 0.647. The second kappa shape index (κ2) is 6.48. The van der Waals surface area contributed by atoms with Gasteiger partial charge >= 0.3 is 0 Å². The molecule has 120 valence electrons. The van der Waals surface area contributed by atoms with Gasteiger partial charge in [-0.05, 0) is 49.2 Å². The molecule has 1 N–H and O–H groups in total. The number of carbonyl (C=O) groups is 1. The van der Waals surface area contributed by atoms with Crippen LogP contribution in [-0.4, -0.2) is 29.4 Å². The van der Waals surface area contributed by atoms with Crippen molar-refractivity contribution in [3.05, 3.63) is 47.2 Å². The monoisotopic (exact) mass is 350 g/mol. The van der Waals surface area contributed by atoms with Gasteiger partial charge in [0.15, 0.2) is 0 Å². The highest BCUT2D eigenvalue weighted by Gasteiger charge is 2.41. The standard InChI is InChI=1S/C17H16Cl2N2O2/c1-20-17(5-6-17)10-23-13-8-14(15(18)21-9-13)11-3-2-4-12(7-11)16(19)22/h2-4,7-9,20H,5-6,10H2,1H3. The van der Waals surface area contributed by atoms with Gasteiger partial charge in [0.25, 0.3) is 5.24 Å². The number of carbonyl (C=O) groups excluding carboxylic acids is 1. The number of halogens is 2. The molecular formula is C17H16Cl2N2O2. The molecule has 0 saturated heterocycles. The minimum Gasteiger partial charge on any atom is -0.490 e. The van der Waals surface area contributed by atoms with Crippen molar-refractivity contribution >= 4 is 28.4 Å². The van der Waals surface area contributed by atoms with Crippen molar-refractivity contribution in [3.8, 4) is 16.9 Å². The number of pyridine rings is 1. The van der Waals surface area contributed by atoms with E-state index in [1.54, 1.807) is 24.4 Å². The van der Waals surface area contributed by atoms with Crippen molar-refractivity contribution in [1.82, 2.24) is 10.3 Å². The maximum Gasteiger partial charge on any atom is 0.252 e. The van der Waals surface area contributed by atoms with Gasteiger partial charge in [-0.1, -0.05) is 29.8 Å². The van der Waals surface area contributed by atoms with Gasteiger partial charge < -0.3 is 10.1 Å². The third kappa shape index (κ3) is 3.66. The molecule has 0 spiro atoms. The highest BCUT2D eigenvalue weighted by Crippen LogP contribution is 2.36. The van der Waals surface area contributed by atoms with Gasteiger partial charge in [0, 0.05) is 11.1 Å². The summed E-state index contributed by atoms with van der Waals surface area (Å²) >= 11 is 11.7. The summed E-state index contributed by atoms with van der Waals surface area (Å²) < 4.78 is 5.84. The average molecular weight is 351 g/mol. The third-order valence-electron chi connectivity index (χ3n) is 4.11. The van der Waals surface area contributed by atoms with E-state index in [2.05, 4.69) is 10.3 Å². The van der Waals surface area contributed by atoms with Crippen LogP contribution in [-0.2, 0) is 0 Å². The number of benzene rings is 1. The van der Waals surface area contributed by atoms with Crippen LogP contribution in [0.5, 0.6) is 5.75 Å². The predicted molar refractivity (Wildman–Crippen MR) is 91.4 cm³/mol. The zero-order chi connectivity index (χ0) is 16.4. The summed E-state index contributed by atoms with van der Waals surface area (Å²) in [5, 5.41) is 3.12. The number of ether oxygens (including phenoxy) is 1. The molecule has 0 aliphatic heterocycles. The van der Waals surface area contributed by atoms with Crippen LogP contribution in [0.15, 0.2) is 36.5 Å². The quantitative estimate of drug-likeness (QED) is 0.633. The predicted octanol–water partition coefficient (Wildman–Crippen LogP) is 3.91. The smallest absolute Gasteiger partial charge is 0.252 e. The van der Waals surface area contributed by atoms with E-state index >= 15 is 0 Å². The Bertz CT molecular complexity index is 745. The van der Waals surface area contributed by atoms with Crippen LogP contribution in [0.2, 0.25) is 5.15 Å². The van der Waals surface area contributed by atoms with E-state index < -0.39 is 5.24 Å². The van der Waals surface area contributed by atoms with E-state index in [4.69, 9.17) is 27.9 Å². The number of nitrogens with one attached hydrogen (secondary N) is 1. The maximum absolute atomic E-state index is 11.3. The number of hydrogen-bond donors (Lipinski definition) is 1. The van der Waals surface area contributed by atoms with E-state index in [0.29, 0.717) is 28.6 Å². The zero-order valence-corrected chi connectivity index (χ0v) is 14.1. The second-order valence-electron chi connectivity index (χ2n) is 5.68. The number of rotatable bonds is 6. The molecule has 3 rings (SSSR count). The largest absolute Gasteiger partial charge is 0.490 e. The first-order valence-corrected chi connectivity index (χ1v) is 8.06. The Morgan fingerprint density at radius 2 is 2.17 bits per heavy atom. The molecule has 0 amide bonds. The van der Waals surface area contributed by atoms with Gasteiger partial charge in [-0.2, -0.15) is 0 Å². The highest BCUT2D eigenvalue weighted by molar-refractivity contribution is 6.67. The zero-order valence-electron chi connectivity index (χ0n) is 12.6. The van der Waals surface area contributed by atoms with Crippen LogP contribution in [0.25, 0.3) is 11.1 Å². The molecule has 6 heteroatoms. The molecule has 1 fully saturated rings. The van der Waals surface area contributed by atoms with Crippen molar-refractivity contribution in [3.63, 3.8) is 0 Å². The molecule has 1 saturated carbocycles. The summed E-state index contributed by atoms with van der Waals surface area (Å²) in [6, 6.07) is 8.79. The highest BCUT2D eigenvalue weighted by atomic mass is 35.5. The topological polar surface area (TPSA) is 51.2 Å². The summed E-state index contributed by atoms with van der Waals surface area (Å²) in [6.45, 7) is 0.590. The summed E-state index contributed by atoms with van der Waals surface area (Å²) in [4.78, 5) is 15.5. The molecule has 0 radical (unpaired) electrons. The van der Waals surface area contributed by atoms with Gasteiger partial charge in [0.1, 0.15) is 17.5 Å². The summed E-state index contributed by atoms with van der Waals surface area (Å²) in [5.41, 5.74) is 1.98. The number of nitrogens with zero attached hydrogens (tertiary/aromatic N) is 1. The van der Waals surface area contributed by atoms with E-state index in [1.807, 2.05) is 19.2 Å². The molecule has 1 aromatic carbocycles. The van der Waals surface area contributed by atoms with E-state index in [9.17, 15) is 4.79 Å². The Labute approximate surface area is 144 Å². The minimum absolute atomic E-state index is 0.0881. The van der Waals surface area contributed by atoms with Crippen LogP contribution in [0, 0.1) is 0 Å². The number of likely N-dealkylation sites (N-methyl/N-ethyl adjacent to an activating group) is 1. The molecular weight excluding hydrogens is 335 g/mol. The van der Waals surface area contributed by atoms with Crippen molar-refractivity contribution in [1.29, 1.82) is 0 Å². The third-order valence-corrected chi connectivity index (χ3v) is 4.63.